The Morgan fingerprint density at radius 3 is 1.81 bits per heavy atom. The minimum Gasteiger partial charge on any atom is -0.371 e. The topological polar surface area (TPSA) is 85.2 Å². The zero-order valence-electron chi connectivity index (χ0n) is 8.70. The molecule has 0 aromatic rings. The summed E-state index contributed by atoms with van der Waals surface area (Å²) in [6, 6.07) is 0. The molecule has 0 amide bonds. The Balaban J connectivity index is 0.00000128. The van der Waals surface area contributed by atoms with Crippen LogP contribution in [-0.2, 0) is 39.7 Å². The molecule has 1 saturated heterocycles. The summed E-state index contributed by atoms with van der Waals surface area (Å²) in [6.45, 7) is 0. The Hall–Kier alpha value is 0.697. The van der Waals surface area contributed by atoms with Gasteiger partial charge in [0.25, 0.3) is 22.7 Å². The monoisotopic (exact) mass is 263 g/mol. The van der Waals surface area contributed by atoms with Crippen molar-refractivity contribution in [1.29, 1.82) is 0 Å². The van der Waals surface area contributed by atoms with Gasteiger partial charge in [-0.3, -0.25) is 8.37 Å². The first-order valence-electron chi connectivity index (χ1n) is 4.49. The van der Waals surface area contributed by atoms with E-state index in [2.05, 4.69) is 14.2 Å². The Bertz CT molecular complexity index is 254. The molecule has 2 rings (SSSR count). The Morgan fingerprint density at radius 2 is 1.38 bits per heavy atom. The normalized spacial score (nSPS) is 40.8. The van der Waals surface area contributed by atoms with Crippen LogP contribution in [0.2, 0.25) is 0 Å². The fraction of sp³-hybridized carbons (Fsp3) is 1.00. The molecule has 1 aliphatic carbocycles. The molecule has 88 valence electrons. The quantitative estimate of drug-likeness (QED) is 0.459. The maximum absolute atomic E-state index is 11.1. The van der Waals surface area contributed by atoms with Crippen LogP contribution in [0.15, 0.2) is 0 Å². The third-order valence-electron chi connectivity index (χ3n) is 2.23. The second-order valence-electron chi connectivity index (χ2n) is 3.19. The maximum atomic E-state index is 11.1. The summed E-state index contributed by atoms with van der Waals surface area (Å²) in [5, 5.41) is 0. The van der Waals surface area contributed by atoms with Crippen LogP contribution in [-0.4, -0.2) is 20.6 Å². The molecule has 4 atom stereocenters. The average molecular weight is 263 g/mol. The van der Waals surface area contributed by atoms with Crippen LogP contribution >= 0.6 is 0 Å². The van der Waals surface area contributed by atoms with Gasteiger partial charge in [0.15, 0.2) is 0 Å². The van der Waals surface area contributed by atoms with Crippen molar-refractivity contribution in [3.05, 3.63) is 5.64 Å². The van der Waals surface area contributed by atoms with E-state index in [4.69, 9.17) is 8.37 Å². The van der Waals surface area contributed by atoms with Gasteiger partial charge in [-0.2, -0.15) is 8.42 Å². The Kier molecular flexibility index (Phi) is 6.64. The molecule has 2 fully saturated rings. The molecule has 7 nitrogen and oxygen atoms in total. The molecule has 16 heavy (non-hydrogen) atoms. The van der Waals surface area contributed by atoms with Gasteiger partial charge in [0.05, 0.1) is 0 Å². The summed E-state index contributed by atoms with van der Waals surface area (Å²) in [7, 11) is 0. The van der Waals surface area contributed by atoms with E-state index < -0.39 is 22.7 Å². The average Bonchev–Trinajstić information content (AvgIpc) is 2.26. The van der Waals surface area contributed by atoms with E-state index >= 15 is 0 Å². The summed E-state index contributed by atoms with van der Waals surface area (Å²) >= 11 is -4.04. The van der Waals surface area contributed by atoms with Crippen molar-refractivity contribution in [1.82, 2.24) is 0 Å². The minimum absolute atomic E-state index is 0. The van der Waals surface area contributed by atoms with Crippen LogP contribution in [0.1, 0.15) is 25.7 Å². The van der Waals surface area contributed by atoms with Gasteiger partial charge in [0.1, 0.15) is 12.2 Å². The number of rotatable bonds is 0. The van der Waals surface area contributed by atoms with Crippen LogP contribution in [0, 0.1) is 0 Å². The maximum Gasteiger partial charge on any atom is 1.00 e. The fourth-order valence-corrected chi connectivity index (χ4v) is 2.70. The van der Waals surface area contributed by atoms with Crippen molar-refractivity contribution >= 4 is 22.7 Å². The summed E-state index contributed by atoms with van der Waals surface area (Å²) in [4.78, 5) is 0. The van der Waals surface area contributed by atoms with Crippen molar-refractivity contribution in [3.63, 3.8) is 0 Å². The third-order valence-corrected chi connectivity index (χ3v) is 3.40. The van der Waals surface area contributed by atoms with Gasteiger partial charge in [-0.25, -0.2) is 0 Å². The second kappa shape index (κ2) is 7.20. The van der Waals surface area contributed by atoms with E-state index in [1.165, 1.54) is 0 Å². The first-order chi connectivity index (χ1) is 7.25. The summed E-state index contributed by atoms with van der Waals surface area (Å²) < 4.78 is 40.8. The first kappa shape index (κ1) is 14.8. The first-order valence-corrected chi connectivity index (χ1v) is 6.49. The van der Waals surface area contributed by atoms with Crippen LogP contribution in [0.3, 0.4) is 0 Å². The molecule has 0 aromatic carbocycles. The number of hydrogen-bond acceptors (Lipinski definition) is 6. The number of nitrogens with zero attached hydrogens (tertiary/aromatic N) is 1. The van der Waals surface area contributed by atoms with Gasteiger partial charge in [-0.05, 0) is 12.8 Å². The van der Waals surface area contributed by atoms with Crippen LogP contribution in [0.25, 0.3) is 5.64 Å². The standard InChI is InChI=1S/C6H10NO6S2.Li/c8-14-10-5-3-1-2-4-6(5)11-15(9)13-7-12-14;/h5-6H,1-4H2;/q-1;+1. The van der Waals surface area contributed by atoms with E-state index in [9.17, 15) is 8.42 Å². The molecule has 10 heteroatoms. The van der Waals surface area contributed by atoms with E-state index in [0.29, 0.717) is 12.8 Å². The van der Waals surface area contributed by atoms with Gasteiger partial charge in [-0.15, -0.1) is 0 Å². The molecule has 1 saturated carbocycles. The predicted molar refractivity (Wildman–Crippen MR) is 50.0 cm³/mol. The van der Waals surface area contributed by atoms with Crippen molar-refractivity contribution in [2.45, 2.75) is 37.9 Å². The van der Waals surface area contributed by atoms with Gasteiger partial charge >= 0.3 is 18.9 Å². The molecule has 1 heterocycles. The zero-order valence-corrected chi connectivity index (χ0v) is 10.3. The van der Waals surface area contributed by atoms with Crippen LogP contribution in [0.5, 0.6) is 0 Å². The zero-order chi connectivity index (χ0) is 10.7. The van der Waals surface area contributed by atoms with E-state index in [-0.39, 0.29) is 31.1 Å². The smallest absolute Gasteiger partial charge is 0.371 e. The fourth-order valence-electron chi connectivity index (χ4n) is 1.58. The number of hydrogen-bond donors (Lipinski definition) is 0. The van der Waals surface area contributed by atoms with Crippen LogP contribution in [0.4, 0.5) is 0 Å². The third kappa shape index (κ3) is 4.18. The van der Waals surface area contributed by atoms with Crippen molar-refractivity contribution in [2.75, 3.05) is 0 Å². The predicted octanol–water partition coefficient (Wildman–Crippen LogP) is -2.26. The summed E-state index contributed by atoms with van der Waals surface area (Å²) in [5.74, 6) is 0. The Morgan fingerprint density at radius 1 is 0.938 bits per heavy atom. The molecule has 0 aromatic heterocycles. The molecule has 2 aliphatic rings. The van der Waals surface area contributed by atoms with Gasteiger partial charge < -0.3 is 14.2 Å². The molecule has 0 radical (unpaired) electrons. The molecule has 0 bridgehead atoms. The SMILES string of the molecule is O=S1O[N-]OS(=O)OC2CCCCC2O1.[Li+]. The molecule has 0 spiro atoms. The van der Waals surface area contributed by atoms with E-state index in [0.717, 1.165) is 12.8 Å². The van der Waals surface area contributed by atoms with Gasteiger partial charge in [0.2, 0.25) is 0 Å². The molecular formula is C6H10LiNO6S2. The second-order valence-corrected chi connectivity index (χ2v) is 4.69. The molecular weight excluding hydrogens is 253 g/mol. The largest absolute Gasteiger partial charge is 1.00 e. The van der Waals surface area contributed by atoms with Gasteiger partial charge in [0, 0.05) is 0 Å². The summed E-state index contributed by atoms with van der Waals surface area (Å²) in [6.07, 6.45) is 2.51. The molecule has 1 aliphatic heterocycles. The van der Waals surface area contributed by atoms with E-state index in [1.807, 2.05) is 0 Å². The Labute approximate surface area is 110 Å². The molecule has 0 N–H and O–H groups in total. The molecule has 4 unspecified atom stereocenters. The van der Waals surface area contributed by atoms with Crippen LogP contribution < -0.4 is 18.9 Å². The van der Waals surface area contributed by atoms with Crippen molar-refractivity contribution < 1.29 is 44.2 Å². The van der Waals surface area contributed by atoms with E-state index in [1.54, 1.807) is 0 Å². The minimum atomic E-state index is -2.02. The number of fused-ring (bicyclic) bond motifs is 1. The van der Waals surface area contributed by atoms with Gasteiger partial charge in [-0.1, -0.05) is 12.8 Å². The summed E-state index contributed by atoms with van der Waals surface area (Å²) in [5.41, 5.74) is 2.86. The van der Waals surface area contributed by atoms with Crippen molar-refractivity contribution in [2.24, 2.45) is 0 Å². The van der Waals surface area contributed by atoms with Crippen molar-refractivity contribution in [3.8, 4) is 0 Å².